The number of nitrogens with zero attached hydrogens (tertiary/aromatic N) is 1. The molecular weight excluding hydrogens is 270 g/mol. The number of aromatic nitrogens is 1. The van der Waals surface area contributed by atoms with E-state index in [0.717, 1.165) is 0 Å². The standard InChI is InChI=1S/C13H12ClNO4/c1-6-7-4-10(19-3)8(14)5-9(7)15(2)12(16)11(6)13(17)18/h4-5H,1-3H3,(H,17,18). The highest BCUT2D eigenvalue weighted by Crippen LogP contribution is 2.31. The van der Waals surface area contributed by atoms with Gasteiger partial charge < -0.3 is 14.4 Å². The summed E-state index contributed by atoms with van der Waals surface area (Å²) in [5.74, 6) is -0.804. The average Bonchev–Trinajstić information content (AvgIpc) is 2.35. The van der Waals surface area contributed by atoms with Crippen LogP contribution in [0.25, 0.3) is 10.9 Å². The van der Waals surface area contributed by atoms with Crippen molar-refractivity contribution in [3.8, 4) is 5.75 Å². The fraction of sp³-hybridized carbons (Fsp3) is 0.231. The van der Waals surface area contributed by atoms with Gasteiger partial charge in [0.2, 0.25) is 0 Å². The molecular formula is C13H12ClNO4. The Labute approximate surface area is 114 Å². The second-order valence-corrected chi connectivity index (χ2v) is 4.58. The molecule has 1 aromatic heterocycles. The zero-order valence-corrected chi connectivity index (χ0v) is 11.4. The maximum absolute atomic E-state index is 12.0. The number of halogens is 1. The van der Waals surface area contributed by atoms with Gasteiger partial charge in [-0.05, 0) is 24.6 Å². The molecule has 0 amide bonds. The van der Waals surface area contributed by atoms with Crippen LogP contribution in [0.2, 0.25) is 5.02 Å². The molecule has 1 N–H and O–H groups in total. The molecule has 0 aliphatic rings. The van der Waals surface area contributed by atoms with Crippen LogP contribution in [-0.2, 0) is 7.05 Å². The van der Waals surface area contributed by atoms with E-state index < -0.39 is 11.5 Å². The van der Waals surface area contributed by atoms with Gasteiger partial charge in [-0.1, -0.05) is 11.6 Å². The minimum atomic E-state index is -1.24. The average molecular weight is 282 g/mol. The predicted octanol–water partition coefficient (Wildman–Crippen LogP) is 2.21. The Hall–Kier alpha value is -2.01. The van der Waals surface area contributed by atoms with Gasteiger partial charge in [0, 0.05) is 12.4 Å². The Morgan fingerprint density at radius 1 is 1.42 bits per heavy atom. The van der Waals surface area contributed by atoms with E-state index in [1.807, 2.05) is 0 Å². The Morgan fingerprint density at radius 3 is 2.58 bits per heavy atom. The van der Waals surface area contributed by atoms with E-state index in [9.17, 15) is 9.59 Å². The predicted molar refractivity (Wildman–Crippen MR) is 72.4 cm³/mol. The molecule has 0 radical (unpaired) electrons. The topological polar surface area (TPSA) is 68.5 Å². The van der Waals surface area contributed by atoms with Crippen molar-refractivity contribution in [1.82, 2.24) is 4.57 Å². The number of hydrogen-bond donors (Lipinski definition) is 1. The van der Waals surface area contributed by atoms with Gasteiger partial charge in [0.1, 0.15) is 11.3 Å². The van der Waals surface area contributed by atoms with Gasteiger partial charge in [-0.15, -0.1) is 0 Å². The number of hydrogen-bond acceptors (Lipinski definition) is 3. The number of aromatic carboxylic acids is 1. The highest BCUT2D eigenvalue weighted by atomic mass is 35.5. The van der Waals surface area contributed by atoms with E-state index in [2.05, 4.69) is 0 Å². The fourth-order valence-electron chi connectivity index (χ4n) is 2.10. The second-order valence-electron chi connectivity index (χ2n) is 4.17. The van der Waals surface area contributed by atoms with Crippen molar-refractivity contribution in [2.45, 2.75) is 6.92 Å². The van der Waals surface area contributed by atoms with E-state index in [4.69, 9.17) is 21.4 Å². The molecule has 0 aliphatic heterocycles. The number of benzene rings is 1. The Balaban J connectivity index is 3.03. The number of methoxy groups -OCH3 is 1. The second kappa shape index (κ2) is 4.59. The molecule has 0 saturated heterocycles. The van der Waals surface area contributed by atoms with E-state index >= 15 is 0 Å². The number of rotatable bonds is 2. The highest BCUT2D eigenvalue weighted by Gasteiger charge is 2.19. The Kier molecular flexibility index (Phi) is 3.24. The first kappa shape index (κ1) is 13.4. The van der Waals surface area contributed by atoms with Crippen molar-refractivity contribution >= 4 is 28.5 Å². The van der Waals surface area contributed by atoms with Crippen LogP contribution in [-0.4, -0.2) is 22.8 Å². The summed E-state index contributed by atoms with van der Waals surface area (Å²) in [6.07, 6.45) is 0. The number of fused-ring (bicyclic) bond motifs is 1. The van der Waals surface area contributed by atoms with Gasteiger partial charge >= 0.3 is 5.97 Å². The number of ether oxygens (including phenoxy) is 1. The van der Waals surface area contributed by atoms with Crippen LogP contribution in [0, 0.1) is 6.92 Å². The molecule has 0 unspecified atom stereocenters. The first-order chi connectivity index (χ1) is 8.88. The molecule has 2 rings (SSSR count). The lowest BCUT2D eigenvalue weighted by molar-refractivity contribution is 0.0694. The molecule has 0 aliphatic carbocycles. The zero-order chi connectivity index (χ0) is 14.3. The normalized spacial score (nSPS) is 10.7. The SMILES string of the molecule is COc1cc2c(C)c(C(=O)O)c(=O)n(C)c2cc1Cl. The van der Waals surface area contributed by atoms with Gasteiger partial charge in [-0.25, -0.2) is 4.79 Å². The summed E-state index contributed by atoms with van der Waals surface area (Å²) in [5, 5.41) is 10.1. The van der Waals surface area contributed by atoms with Crippen LogP contribution in [0.5, 0.6) is 5.75 Å². The van der Waals surface area contributed by atoms with Crippen molar-refractivity contribution in [2.24, 2.45) is 7.05 Å². The maximum atomic E-state index is 12.0. The van der Waals surface area contributed by atoms with Crippen LogP contribution < -0.4 is 10.3 Å². The monoisotopic (exact) mass is 281 g/mol. The zero-order valence-electron chi connectivity index (χ0n) is 10.7. The smallest absolute Gasteiger partial charge is 0.341 e. The third-order valence-corrected chi connectivity index (χ3v) is 3.44. The molecule has 5 nitrogen and oxygen atoms in total. The quantitative estimate of drug-likeness (QED) is 0.916. The van der Waals surface area contributed by atoms with Gasteiger partial charge in [0.05, 0.1) is 17.6 Å². The third kappa shape index (κ3) is 1.96. The largest absolute Gasteiger partial charge is 0.495 e. The molecule has 0 fully saturated rings. The lowest BCUT2D eigenvalue weighted by Crippen LogP contribution is -2.26. The summed E-state index contributed by atoms with van der Waals surface area (Å²) in [4.78, 5) is 23.2. The Bertz CT molecular complexity index is 749. The first-order valence-electron chi connectivity index (χ1n) is 5.48. The van der Waals surface area contributed by atoms with Crippen LogP contribution >= 0.6 is 11.6 Å². The molecule has 0 saturated carbocycles. The summed E-state index contributed by atoms with van der Waals surface area (Å²) in [5.41, 5.74) is 0.178. The van der Waals surface area contributed by atoms with Gasteiger partial charge in [-0.3, -0.25) is 4.79 Å². The number of carbonyl (C=O) groups is 1. The van der Waals surface area contributed by atoms with Crippen molar-refractivity contribution in [3.05, 3.63) is 38.6 Å². The maximum Gasteiger partial charge on any atom is 0.341 e. The highest BCUT2D eigenvalue weighted by molar-refractivity contribution is 6.32. The van der Waals surface area contributed by atoms with Crippen molar-refractivity contribution in [3.63, 3.8) is 0 Å². The van der Waals surface area contributed by atoms with Crippen LogP contribution in [0.4, 0.5) is 0 Å². The van der Waals surface area contributed by atoms with Crippen molar-refractivity contribution in [1.29, 1.82) is 0 Å². The molecule has 100 valence electrons. The Morgan fingerprint density at radius 2 is 2.05 bits per heavy atom. The molecule has 0 atom stereocenters. The van der Waals surface area contributed by atoms with Crippen LogP contribution in [0.1, 0.15) is 15.9 Å². The number of carboxylic acid groups (broad SMARTS) is 1. The van der Waals surface area contributed by atoms with E-state index in [1.54, 1.807) is 19.1 Å². The molecule has 19 heavy (non-hydrogen) atoms. The van der Waals surface area contributed by atoms with Crippen molar-refractivity contribution in [2.75, 3.05) is 7.11 Å². The first-order valence-corrected chi connectivity index (χ1v) is 5.86. The molecule has 1 aromatic carbocycles. The number of carboxylic acids is 1. The minimum absolute atomic E-state index is 0.237. The van der Waals surface area contributed by atoms with Crippen LogP contribution in [0.15, 0.2) is 16.9 Å². The van der Waals surface area contributed by atoms with E-state index in [0.29, 0.717) is 27.2 Å². The van der Waals surface area contributed by atoms with Crippen molar-refractivity contribution < 1.29 is 14.6 Å². The summed E-state index contributed by atoms with van der Waals surface area (Å²) in [6, 6.07) is 3.23. The molecule has 1 heterocycles. The van der Waals surface area contributed by atoms with E-state index in [-0.39, 0.29) is 5.56 Å². The van der Waals surface area contributed by atoms with Gasteiger partial charge in [0.15, 0.2) is 0 Å². The van der Waals surface area contributed by atoms with Gasteiger partial charge in [-0.2, -0.15) is 0 Å². The summed E-state index contributed by atoms with van der Waals surface area (Å²) < 4.78 is 6.39. The van der Waals surface area contributed by atoms with Gasteiger partial charge in [0.25, 0.3) is 5.56 Å². The van der Waals surface area contributed by atoms with Crippen LogP contribution in [0.3, 0.4) is 0 Å². The molecule has 0 bridgehead atoms. The third-order valence-electron chi connectivity index (χ3n) is 3.14. The molecule has 6 heteroatoms. The number of aryl methyl sites for hydroxylation is 2. The number of pyridine rings is 1. The molecule has 0 spiro atoms. The summed E-state index contributed by atoms with van der Waals surface area (Å²) in [7, 11) is 2.99. The summed E-state index contributed by atoms with van der Waals surface area (Å²) in [6.45, 7) is 1.60. The van der Waals surface area contributed by atoms with E-state index in [1.165, 1.54) is 18.7 Å². The lowest BCUT2D eigenvalue weighted by Gasteiger charge is -2.13. The lowest BCUT2D eigenvalue weighted by atomic mass is 10.0. The fourth-order valence-corrected chi connectivity index (χ4v) is 2.34. The minimum Gasteiger partial charge on any atom is -0.495 e. The molecule has 2 aromatic rings. The summed E-state index contributed by atoms with van der Waals surface area (Å²) >= 11 is 6.03.